The Bertz CT molecular complexity index is 1090. The SMILES string of the molecule is Cc1cc(I)cc2c3ccccc3c3nnc(CC(C)(C)C)n3c12. The molecule has 0 atom stereocenters. The first kappa shape index (κ1) is 15.8. The van der Waals surface area contributed by atoms with Gasteiger partial charge in [0.15, 0.2) is 5.65 Å². The fourth-order valence-electron chi connectivity index (χ4n) is 3.47. The minimum atomic E-state index is 0.165. The number of aromatic nitrogens is 3. The minimum Gasteiger partial charge on any atom is -0.278 e. The lowest BCUT2D eigenvalue weighted by molar-refractivity contribution is 0.399. The molecular weight excluding hydrogens is 409 g/mol. The zero-order valence-electron chi connectivity index (χ0n) is 14.4. The average Bonchev–Trinajstić information content (AvgIpc) is 2.89. The molecule has 24 heavy (non-hydrogen) atoms. The molecule has 4 rings (SSSR count). The molecule has 0 bridgehead atoms. The molecule has 0 fully saturated rings. The normalized spacial score (nSPS) is 12.5. The van der Waals surface area contributed by atoms with Gasteiger partial charge in [0.25, 0.3) is 0 Å². The van der Waals surface area contributed by atoms with Crippen LogP contribution in [0.3, 0.4) is 0 Å². The predicted molar refractivity (Wildman–Crippen MR) is 109 cm³/mol. The van der Waals surface area contributed by atoms with Crippen LogP contribution in [-0.2, 0) is 6.42 Å². The van der Waals surface area contributed by atoms with Gasteiger partial charge in [-0.2, -0.15) is 0 Å². The van der Waals surface area contributed by atoms with Crippen LogP contribution in [-0.4, -0.2) is 14.6 Å². The minimum absolute atomic E-state index is 0.165. The van der Waals surface area contributed by atoms with Gasteiger partial charge in [0, 0.05) is 20.8 Å². The van der Waals surface area contributed by atoms with Crippen molar-refractivity contribution in [3.8, 4) is 0 Å². The van der Waals surface area contributed by atoms with E-state index in [2.05, 4.69) is 101 Å². The van der Waals surface area contributed by atoms with Crippen molar-refractivity contribution in [1.29, 1.82) is 0 Å². The third-order valence-corrected chi connectivity index (χ3v) is 4.99. The standard InChI is InChI=1S/C20H20IN3/c1-12-9-13(21)10-16-14-7-5-6-8-15(14)19-23-22-17(11-20(2,3)4)24(19)18(12)16/h5-10H,11H2,1-4H3. The van der Waals surface area contributed by atoms with Crippen molar-refractivity contribution in [3.63, 3.8) is 0 Å². The molecule has 0 N–H and O–H groups in total. The average molecular weight is 429 g/mol. The Kier molecular flexibility index (Phi) is 3.56. The number of aryl methyl sites for hydroxylation is 1. The summed E-state index contributed by atoms with van der Waals surface area (Å²) in [5, 5.41) is 12.8. The van der Waals surface area contributed by atoms with Crippen LogP contribution >= 0.6 is 22.6 Å². The van der Waals surface area contributed by atoms with E-state index >= 15 is 0 Å². The highest BCUT2D eigenvalue weighted by Gasteiger charge is 2.20. The fourth-order valence-corrected chi connectivity index (χ4v) is 4.24. The van der Waals surface area contributed by atoms with Crippen LogP contribution in [0.1, 0.15) is 32.2 Å². The van der Waals surface area contributed by atoms with E-state index in [4.69, 9.17) is 0 Å². The zero-order valence-corrected chi connectivity index (χ0v) is 16.5. The van der Waals surface area contributed by atoms with E-state index in [9.17, 15) is 0 Å². The van der Waals surface area contributed by atoms with E-state index < -0.39 is 0 Å². The number of fused-ring (bicyclic) bond motifs is 6. The first-order valence-electron chi connectivity index (χ1n) is 8.20. The van der Waals surface area contributed by atoms with Gasteiger partial charge in [-0.1, -0.05) is 45.0 Å². The highest BCUT2D eigenvalue weighted by molar-refractivity contribution is 14.1. The molecule has 0 aliphatic carbocycles. The van der Waals surface area contributed by atoms with Crippen molar-refractivity contribution in [3.05, 3.63) is 51.4 Å². The van der Waals surface area contributed by atoms with E-state index in [0.29, 0.717) is 0 Å². The Labute approximate surface area is 155 Å². The summed E-state index contributed by atoms with van der Waals surface area (Å²) >= 11 is 2.40. The molecule has 0 saturated heterocycles. The number of benzene rings is 2. The summed E-state index contributed by atoms with van der Waals surface area (Å²) in [5.41, 5.74) is 3.62. The molecule has 4 heteroatoms. The van der Waals surface area contributed by atoms with Gasteiger partial charge in [0.1, 0.15) is 5.82 Å². The second kappa shape index (κ2) is 5.41. The number of halogens is 1. The van der Waals surface area contributed by atoms with E-state index in [1.54, 1.807) is 0 Å². The third-order valence-electron chi connectivity index (χ3n) is 4.37. The van der Waals surface area contributed by atoms with Crippen molar-refractivity contribution in [2.24, 2.45) is 5.41 Å². The summed E-state index contributed by atoms with van der Waals surface area (Å²) in [6.07, 6.45) is 0.896. The number of hydrogen-bond donors (Lipinski definition) is 0. The van der Waals surface area contributed by atoms with Gasteiger partial charge < -0.3 is 0 Å². The molecule has 4 aromatic rings. The van der Waals surface area contributed by atoms with Crippen LogP contribution in [0, 0.1) is 15.9 Å². The smallest absolute Gasteiger partial charge is 0.169 e. The van der Waals surface area contributed by atoms with Crippen LogP contribution in [0.25, 0.3) is 27.3 Å². The van der Waals surface area contributed by atoms with E-state index in [1.165, 1.54) is 30.8 Å². The first-order chi connectivity index (χ1) is 11.3. The molecule has 2 heterocycles. The molecule has 122 valence electrons. The molecule has 0 aliphatic heterocycles. The first-order valence-corrected chi connectivity index (χ1v) is 9.27. The lowest BCUT2D eigenvalue weighted by Gasteiger charge is -2.18. The molecule has 0 unspecified atom stereocenters. The molecule has 3 nitrogen and oxygen atoms in total. The van der Waals surface area contributed by atoms with Gasteiger partial charge in [-0.15, -0.1) is 10.2 Å². The lowest BCUT2D eigenvalue weighted by atomic mass is 9.92. The number of nitrogens with zero attached hydrogens (tertiary/aromatic N) is 3. The second-order valence-electron chi connectivity index (χ2n) is 7.68. The highest BCUT2D eigenvalue weighted by Crippen LogP contribution is 2.33. The Morgan fingerprint density at radius 3 is 2.42 bits per heavy atom. The van der Waals surface area contributed by atoms with Crippen molar-refractivity contribution in [1.82, 2.24) is 14.6 Å². The number of rotatable bonds is 1. The van der Waals surface area contributed by atoms with Gasteiger partial charge in [-0.3, -0.25) is 4.40 Å². The largest absolute Gasteiger partial charge is 0.278 e. The van der Waals surface area contributed by atoms with Crippen LogP contribution in [0.5, 0.6) is 0 Å². The molecule has 0 aliphatic rings. The summed E-state index contributed by atoms with van der Waals surface area (Å²) in [5.74, 6) is 1.04. The monoisotopic (exact) mass is 429 g/mol. The Morgan fingerprint density at radius 1 is 1.00 bits per heavy atom. The quantitative estimate of drug-likeness (QED) is 0.294. The molecule has 0 radical (unpaired) electrons. The van der Waals surface area contributed by atoms with Crippen LogP contribution in [0.15, 0.2) is 36.4 Å². The Morgan fingerprint density at radius 2 is 1.71 bits per heavy atom. The molecule has 2 aromatic carbocycles. The molecule has 0 amide bonds. The maximum absolute atomic E-state index is 4.56. The summed E-state index contributed by atoms with van der Waals surface area (Å²) in [6, 6.07) is 13.0. The summed E-state index contributed by atoms with van der Waals surface area (Å²) < 4.78 is 3.53. The fraction of sp³-hybridized carbons (Fsp3) is 0.300. The van der Waals surface area contributed by atoms with Crippen molar-refractivity contribution in [2.75, 3.05) is 0 Å². The maximum atomic E-state index is 4.56. The van der Waals surface area contributed by atoms with Crippen LogP contribution < -0.4 is 0 Å². The molecule has 2 aromatic heterocycles. The van der Waals surface area contributed by atoms with E-state index in [0.717, 1.165) is 17.9 Å². The summed E-state index contributed by atoms with van der Waals surface area (Å²) in [4.78, 5) is 0. The van der Waals surface area contributed by atoms with E-state index in [1.807, 2.05) is 0 Å². The number of hydrogen-bond acceptors (Lipinski definition) is 2. The van der Waals surface area contributed by atoms with Gasteiger partial charge >= 0.3 is 0 Å². The predicted octanol–water partition coefficient (Wildman–Crippen LogP) is 5.54. The molecule has 0 saturated carbocycles. The van der Waals surface area contributed by atoms with Gasteiger partial charge in [-0.25, -0.2) is 0 Å². The zero-order chi connectivity index (χ0) is 17.1. The van der Waals surface area contributed by atoms with Crippen molar-refractivity contribution in [2.45, 2.75) is 34.1 Å². The Hall–Kier alpha value is -1.69. The molecular formula is C20H20IN3. The van der Waals surface area contributed by atoms with Gasteiger partial charge in [-0.05, 0) is 58.0 Å². The van der Waals surface area contributed by atoms with Gasteiger partial charge in [0.05, 0.1) is 5.52 Å². The van der Waals surface area contributed by atoms with Crippen LogP contribution in [0.4, 0.5) is 0 Å². The summed E-state index contributed by atoms with van der Waals surface area (Å²) in [7, 11) is 0. The Balaban J connectivity index is 2.25. The number of pyridine rings is 1. The highest BCUT2D eigenvalue weighted by atomic mass is 127. The maximum Gasteiger partial charge on any atom is 0.169 e. The van der Waals surface area contributed by atoms with E-state index in [-0.39, 0.29) is 5.41 Å². The second-order valence-corrected chi connectivity index (χ2v) is 8.92. The molecule has 0 spiro atoms. The summed E-state index contributed by atoms with van der Waals surface area (Å²) in [6.45, 7) is 8.91. The van der Waals surface area contributed by atoms with Crippen molar-refractivity contribution >= 4 is 49.9 Å². The third kappa shape index (κ3) is 2.48. The lowest BCUT2D eigenvalue weighted by Crippen LogP contribution is -2.12. The van der Waals surface area contributed by atoms with Crippen LogP contribution in [0.2, 0.25) is 0 Å². The topological polar surface area (TPSA) is 30.2 Å². The van der Waals surface area contributed by atoms with Crippen molar-refractivity contribution < 1.29 is 0 Å². The van der Waals surface area contributed by atoms with Gasteiger partial charge in [0.2, 0.25) is 0 Å².